The highest BCUT2D eigenvalue weighted by Gasteiger charge is 2.46. The largest absolute Gasteiger partial charge is 0.409 e. The van der Waals surface area contributed by atoms with Crippen LogP contribution in [0.2, 0.25) is 0 Å². The minimum atomic E-state index is -0.923. The number of rotatable bonds is 5. The van der Waals surface area contributed by atoms with Gasteiger partial charge in [0.2, 0.25) is 5.91 Å². The summed E-state index contributed by atoms with van der Waals surface area (Å²) in [5.74, 6) is 0.338. The molecule has 0 aromatic heterocycles. The SMILES string of the molecule is CCC(C)(C(=O)NCC1CC1(C)C)C(N)=NO. The number of hydrogen-bond acceptors (Lipinski definition) is 3. The van der Waals surface area contributed by atoms with Crippen LogP contribution in [0.5, 0.6) is 0 Å². The second-order valence-corrected chi connectivity index (χ2v) is 5.77. The zero-order chi connectivity index (χ0) is 13.3. The van der Waals surface area contributed by atoms with Crippen molar-refractivity contribution in [2.45, 2.75) is 40.5 Å². The molecule has 1 aliphatic rings. The molecule has 0 aromatic carbocycles. The molecule has 5 heteroatoms. The molecule has 1 aliphatic carbocycles. The average Bonchev–Trinajstić information content (AvgIpc) is 2.91. The minimum absolute atomic E-state index is 0.0347. The molecule has 0 saturated heterocycles. The van der Waals surface area contributed by atoms with E-state index in [0.29, 0.717) is 24.3 Å². The highest BCUT2D eigenvalue weighted by Crippen LogP contribution is 2.51. The van der Waals surface area contributed by atoms with E-state index in [9.17, 15) is 4.79 Å². The Morgan fingerprint density at radius 2 is 2.18 bits per heavy atom. The molecule has 17 heavy (non-hydrogen) atoms. The molecule has 0 spiro atoms. The Bertz CT molecular complexity index is 339. The van der Waals surface area contributed by atoms with Crippen LogP contribution in [0.3, 0.4) is 0 Å². The fourth-order valence-electron chi connectivity index (χ4n) is 1.90. The number of nitrogens with two attached hydrogens (primary N) is 1. The molecule has 1 fully saturated rings. The first kappa shape index (κ1) is 13.8. The Labute approximate surface area is 102 Å². The Hall–Kier alpha value is -1.26. The Morgan fingerprint density at radius 3 is 2.53 bits per heavy atom. The van der Waals surface area contributed by atoms with Gasteiger partial charge < -0.3 is 16.3 Å². The van der Waals surface area contributed by atoms with Crippen LogP contribution in [0.4, 0.5) is 0 Å². The van der Waals surface area contributed by atoms with Crippen LogP contribution in [-0.2, 0) is 4.79 Å². The van der Waals surface area contributed by atoms with E-state index in [4.69, 9.17) is 10.9 Å². The predicted molar refractivity (Wildman–Crippen MR) is 66.7 cm³/mol. The highest BCUT2D eigenvalue weighted by atomic mass is 16.4. The van der Waals surface area contributed by atoms with Crippen molar-refractivity contribution in [1.82, 2.24) is 5.32 Å². The Kier molecular flexibility index (Phi) is 3.69. The van der Waals surface area contributed by atoms with Crippen LogP contribution < -0.4 is 11.1 Å². The summed E-state index contributed by atoms with van der Waals surface area (Å²) in [7, 11) is 0. The Balaban J connectivity index is 2.56. The summed E-state index contributed by atoms with van der Waals surface area (Å²) >= 11 is 0. The maximum absolute atomic E-state index is 12.1. The smallest absolute Gasteiger partial charge is 0.233 e. The average molecular weight is 241 g/mol. The lowest BCUT2D eigenvalue weighted by Crippen LogP contribution is -2.48. The van der Waals surface area contributed by atoms with Crippen LogP contribution in [0.1, 0.15) is 40.5 Å². The lowest BCUT2D eigenvalue weighted by Gasteiger charge is -2.25. The standard InChI is InChI=1S/C12H23N3O2/c1-5-12(4,9(13)15-17)10(16)14-7-8-6-11(8,2)3/h8,17H,5-7H2,1-4H3,(H2,13,15)(H,14,16). The number of oxime groups is 1. The second kappa shape index (κ2) is 4.55. The molecule has 1 saturated carbocycles. The molecule has 98 valence electrons. The van der Waals surface area contributed by atoms with Crippen molar-refractivity contribution >= 4 is 11.7 Å². The van der Waals surface area contributed by atoms with E-state index in [0.717, 1.165) is 6.42 Å². The molecule has 2 unspecified atom stereocenters. The maximum Gasteiger partial charge on any atom is 0.233 e. The maximum atomic E-state index is 12.1. The summed E-state index contributed by atoms with van der Waals surface area (Å²) in [6, 6.07) is 0. The molecular weight excluding hydrogens is 218 g/mol. The van der Waals surface area contributed by atoms with Crippen molar-refractivity contribution in [1.29, 1.82) is 0 Å². The third kappa shape index (κ3) is 2.70. The first-order valence-electron chi connectivity index (χ1n) is 6.04. The van der Waals surface area contributed by atoms with Gasteiger partial charge in [-0.05, 0) is 31.1 Å². The lowest BCUT2D eigenvalue weighted by molar-refractivity contribution is -0.127. The lowest BCUT2D eigenvalue weighted by atomic mass is 9.85. The van der Waals surface area contributed by atoms with Crippen LogP contribution in [0, 0.1) is 16.7 Å². The van der Waals surface area contributed by atoms with Crippen LogP contribution in [-0.4, -0.2) is 23.5 Å². The van der Waals surface area contributed by atoms with Crippen molar-refractivity contribution in [3.05, 3.63) is 0 Å². The van der Waals surface area contributed by atoms with Gasteiger partial charge in [-0.2, -0.15) is 0 Å². The van der Waals surface area contributed by atoms with Crippen molar-refractivity contribution in [2.75, 3.05) is 6.54 Å². The van der Waals surface area contributed by atoms with Gasteiger partial charge in [0, 0.05) is 6.54 Å². The minimum Gasteiger partial charge on any atom is -0.409 e. The number of nitrogens with zero attached hydrogens (tertiary/aromatic N) is 1. The van der Waals surface area contributed by atoms with Crippen LogP contribution in [0.25, 0.3) is 0 Å². The molecule has 0 heterocycles. The summed E-state index contributed by atoms with van der Waals surface area (Å²) < 4.78 is 0. The van der Waals surface area contributed by atoms with Gasteiger partial charge in [-0.15, -0.1) is 0 Å². The summed E-state index contributed by atoms with van der Waals surface area (Å²) in [6.45, 7) is 8.58. The number of carbonyl (C=O) groups excluding carboxylic acids is 1. The van der Waals surface area contributed by atoms with E-state index < -0.39 is 5.41 Å². The highest BCUT2D eigenvalue weighted by molar-refractivity contribution is 6.06. The van der Waals surface area contributed by atoms with Gasteiger partial charge in [-0.1, -0.05) is 25.9 Å². The van der Waals surface area contributed by atoms with E-state index in [1.165, 1.54) is 0 Å². The Morgan fingerprint density at radius 1 is 1.65 bits per heavy atom. The molecule has 1 rings (SSSR count). The molecule has 0 radical (unpaired) electrons. The van der Waals surface area contributed by atoms with Crippen molar-refractivity contribution in [2.24, 2.45) is 27.6 Å². The van der Waals surface area contributed by atoms with Crippen LogP contribution in [0.15, 0.2) is 5.16 Å². The van der Waals surface area contributed by atoms with E-state index in [1.807, 2.05) is 6.92 Å². The number of carbonyl (C=O) groups is 1. The number of amides is 1. The number of nitrogens with one attached hydrogen (secondary N) is 1. The van der Waals surface area contributed by atoms with Gasteiger partial charge in [-0.25, -0.2) is 0 Å². The van der Waals surface area contributed by atoms with Gasteiger partial charge in [0.05, 0.1) is 0 Å². The molecule has 4 N–H and O–H groups in total. The zero-order valence-corrected chi connectivity index (χ0v) is 11.1. The van der Waals surface area contributed by atoms with Gasteiger partial charge in [0.1, 0.15) is 5.41 Å². The van der Waals surface area contributed by atoms with Crippen molar-refractivity contribution in [3.63, 3.8) is 0 Å². The van der Waals surface area contributed by atoms with Gasteiger partial charge in [0.15, 0.2) is 5.84 Å². The fraction of sp³-hybridized carbons (Fsp3) is 0.833. The van der Waals surface area contributed by atoms with Gasteiger partial charge in [-0.3, -0.25) is 4.79 Å². The summed E-state index contributed by atoms with van der Waals surface area (Å²) in [5, 5.41) is 14.6. The zero-order valence-electron chi connectivity index (χ0n) is 11.1. The van der Waals surface area contributed by atoms with E-state index >= 15 is 0 Å². The van der Waals surface area contributed by atoms with Crippen molar-refractivity contribution in [3.8, 4) is 0 Å². The van der Waals surface area contributed by atoms with E-state index in [-0.39, 0.29) is 11.7 Å². The summed E-state index contributed by atoms with van der Waals surface area (Å²) in [6.07, 6.45) is 1.64. The van der Waals surface area contributed by atoms with Gasteiger partial charge in [0.25, 0.3) is 0 Å². The first-order chi connectivity index (χ1) is 7.78. The fourth-order valence-corrected chi connectivity index (χ4v) is 1.90. The third-order valence-corrected chi connectivity index (χ3v) is 4.11. The predicted octanol–water partition coefficient (Wildman–Crippen LogP) is 1.31. The van der Waals surface area contributed by atoms with E-state index in [1.54, 1.807) is 6.92 Å². The summed E-state index contributed by atoms with van der Waals surface area (Å²) in [5.41, 5.74) is 4.99. The molecule has 0 aliphatic heterocycles. The van der Waals surface area contributed by atoms with Crippen LogP contribution >= 0.6 is 0 Å². The number of amidine groups is 1. The second-order valence-electron chi connectivity index (χ2n) is 5.77. The molecule has 5 nitrogen and oxygen atoms in total. The molecule has 0 aromatic rings. The van der Waals surface area contributed by atoms with Crippen molar-refractivity contribution < 1.29 is 10.0 Å². The quantitative estimate of drug-likeness (QED) is 0.293. The first-order valence-corrected chi connectivity index (χ1v) is 6.04. The topological polar surface area (TPSA) is 87.7 Å². The normalized spacial score (nSPS) is 26.1. The third-order valence-electron chi connectivity index (χ3n) is 4.11. The monoisotopic (exact) mass is 241 g/mol. The molecule has 2 atom stereocenters. The van der Waals surface area contributed by atoms with E-state index in [2.05, 4.69) is 24.3 Å². The molecular formula is C12H23N3O2. The van der Waals surface area contributed by atoms with Gasteiger partial charge >= 0.3 is 0 Å². The summed E-state index contributed by atoms with van der Waals surface area (Å²) in [4.78, 5) is 12.1. The molecule has 1 amide bonds. The molecule has 0 bridgehead atoms. The number of hydrogen-bond donors (Lipinski definition) is 3.